The summed E-state index contributed by atoms with van der Waals surface area (Å²) in [5.74, 6) is 0.752. The van der Waals surface area contributed by atoms with Crippen LogP contribution in [0.15, 0.2) is 28.7 Å². The molecule has 4 heteroatoms. The van der Waals surface area contributed by atoms with Gasteiger partial charge in [-0.1, -0.05) is 32.0 Å². The molecule has 3 rings (SSSR count). The van der Waals surface area contributed by atoms with Gasteiger partial charge in [-0.05, 0) is 25.5 Å². The molecule has 1 saturated carbocycles. The first-order valence-electron chi connectivity index (χ1n) is 8.27. The lowest BCUT2D eigenvalue weighted by molar-refractivity contribution is 0.0947. The lowest BCUT2D eigenvalue weighted by Gasteiger charge is -2.19. The Morgan fingerprint density at radius 3 is 2.77 bits per heavy atom. The van der Waals surface area contributed by atoms with Crippen molar-refractivity contribution in [3.05, 3.63) is 35.6 Å². The van der Waals surface area contributed by atoms with Gasteiger partial charge < -0.3 is 9.73 Å². The zero-order chi connectivity index (χ0) is 15.5. The smallest absolute Gasteiger partial charge is 0.255 e. The molecule has 0 unspecified atom stereocenters. The van der Waals surface area contributed by atoms with Crippen LogP contribution in [-0.4, -0.2) is 36.5 Å². The summed E-state index contributed by atoms with van der Waals surface area (Å²) in [7, 11) is 0. The molecule has 0 bridgehead atoms. The van der Waals surface area contributed by atoms with Crippen LogP contribution in [0, 0.1) is 0 Å². The maximum absolute atomic E-state index is 12.6. The zero-order valence-corrected chi connectivity index (χ0v) is 13.4. The van der Waals surface area contributed by atoms with Gasteiger partial charge >= 0.3 is 0 Å². The van der Waals surface area contributed by atoms with Gasteiger partial charge in [0.1, 0.15) is 11.3 Å². The predicted molar refractivity (Wildman–Crippen MR) is 88.2 cm³/mol. The van der Waals surface area contributed by atoms with E-state index in [9.17, 15) is 4.79 Å². The van der Waals surface area contributed by atoms with Crippen LogP contribution in [0.4, 0.5) is 0 Å². The average molecular weight is 300 g/mol. The van der Waals surface area contributed by atoms with Gasteiger partial charge in [0.2, 0.25) is 0 Å². The van der Waals surface area contributed by atoms with E-state index in [0.29, 0.717) is 12.1 Å². The van der Waals surface area contributed by atoms with Crippen LogP contribution in [0.2, 0.25) is 0 Å². The minimum Gasteiger partial charge on any atom is -0.460 e. The number of benzene rings is 1. The molecule has 1 aliphatic carbocycles. The van der Waals surface area contributed by atoms with Crippen molar-refractivity contribution in [2.75, 3.05) is 19.6 Å². The van der Waals surface area contributed by atoms with E-state index in [0.717, 1.165) is 42.3 Å². The molecule has 1 fully saturated rings. The van der Waals surface area contributed by atoms with Gasteiger partial charge in [0, 0.05) is 30.9 Å². The monoisotopic (exact) mass is 300 g/mol. The van der Waals surface area contributed by atoms with Gasteiger partial charge in [0.05, 0.1) is 5.56 Å². The van der Waals surface area contributed by atoms with Crippen LogP contribution in [-0.2, 0) is 6.42 Å². The maximum atomic E-state index is 12.6. The number of nitrogens with zero attached hydrogens (tertiary/aromatic N) is 1. The van der Waals surface area contributed by atoms with Crippen LogP contribution in [0.25, 0.3) is 11.0 Å². The molecule has 0 spiro atoms. The van der Waals surface area contributed by atoms with Crippen molar-refractivity contribution < 1.29 is 9.21 Å². The van der Waals surface area contributed by atoms with Crippen molar-refractivity contribution in [1.82, 2.24) is 10.2 Å². The summed E-state index contributed by atoms with van der Waals surface area (Å²) in [6.45, 7) is 6.85. The first-order chi connectivity index (χ1) is 10.7. The number of carbonyl (C=O) groups excluding carboxylic acids is 1. The number of hydrogen-bond donors (Lipinski definition) is 1. The normalized spacial score (nSPS) is 14.7. The molecule has 1 aliphatic rings. The number of para-hydroxylation sites is 1. The molecule has 2 aromatic rings. The van der Waals surface area contributed by atoms with Crippen LogP contribution in [0.5, 0.6) is 0 Å². The third-order valence-corrected chi connectivity index (χ3v) is 4.37. The van der Waals surface area contributed by atoms with Crippen LogP contribution in [0.1, 0.15) is 42.8 Å². The maximum Gasteiger partial charge on any atom is 0.255 e. The van der Waals surface area contributed by atoms with Crippen molar-refractivity contribution >= 4 is 16.9 Å². The number of carbonyl (C=O) groups is 1. The molecule has 118 valence electrons. The third-order valence-electron chi connectivity index (χ3n) is 4.37. The molecule has 1 N–H and O–H groups in total. The van der Waals surface area contributed by atoms with Crippen molar-refractivity contribution in [2.24, 2.45) is 0 Å². The second kappa shape index (κ2) is 6.53. The van der Waals surface area contributed by atoms with E-state index < -0.39 is 0 Å². The number of likely N-dealkylation sites (N-methyl/N-ethyl adjacent to an activating group) is 1. The Balaban J connectivity index is 1.69. The fraction of sp³-hybridized carbons (Fsp3) is 0.500. The van der Waals surface area contributed by atoms with Crippen molar-refractivity contribution in [1.29, 1.82) is 0 Å². The van der Waals surface area contributed by atoms with Crippen molar-refractivity contribution in [3.8, 4) is 0 Å². The number of furan rings is 1. The average Bonchev–Trinajstić information content (AvgIpc) is 3.30. The molecule has 0 aliphatic heterocycles. The van der Waals surface area contributed by atoms with Gasteiger partial charge in [-0.15, -0.1) is 0 Å². The molecule has 0 saturated heterocycles. The van der Waals surface area contributed by atoms with E-state index in [-0.39, 0.29) is 5.91 Å². The summed E-state index contributed by atoms with van der Waals surface area (Å²) >= 11 is 0. The van der Waals surface area contributed by atoms with Crippen LogP contribution in [0.3, 0.4) is 0 Å². The molecule has 1 amide bonds. The Morgan fingerprint density at radius 1 is 1.32 bits per heavy atom. The third kappa shape index (κ3) is 3.02. The molecule has 1 heterocycles. The highest BCUT2D eigenvalue weighted by Crippen LogP contribution is 2.27. The van der Waals surface area contributed by atoms with E-state index in [2.05, 4.69) is 17.1 Å². The molecule has 1 aromatic carbocycles. The summed E-state index contributed by atoms with van der Waals surface area (Å²) in [4.78, 5) is 15.0. The van der Waals surface area contributed by atoms with Crippen LogP contribution < -0.4 is 5.32 Å². The number of hydrogen-bond acceptors (Lipinski definition) is 3. The standard InChI is InChI=1S/C18H24N2O2/c1-3-15-17(14-7-5-6-8-16(14)22-15)18(21)19-11-12-20(4-2)13-9-10-13/h5-8,13H,3-4,9-12H2,1-2H3,(H,19,21). The number of amides is 1. The predicted octanol–water partition coefficient (Wildman–Crippen LogP) is 3.21. The zero-order valence-electron chi connectivity index (χ0n) is 13.4. The lowest BCUT2D eigenvalue weighted by Crippen LogP contribution is -2.36. The van der Waals surface area contributed by atoms with E-state index in [1.54, 1.807) is 0 Å². The SMILES string of the molecule is CCc1oc2ccccc2c1C(=O)NCCN(CC)C1CC1. The number of fused-ring (bicyclic) bond motifs is 1. The van der Waals surface area contributed by atoms with Crippen LogP contribution >= 0.6 is 0 Å². The Kier molecular flexibility index (Phi) is 4.48. The van der Waals surface area contributed by atoms with Gasteiger partial charge in [0.25, 0.3) is 5.91 Å². The Bertz CT molecular complexity index is 658. The topological polar surface area (TPSA) is 45.5 Å². The fourth-order valence-electron chi connectivity index (χ4n) is 3.03. The molecule has 0 radical (unpaired) electrons. The van der Waals surface area contributed by atoms with Crippen molar-refractivity contribution in [2.45, 2.75) is 39.2 Å². The number of rotatable bonds is 7. The summed E-state index contributed by atoms with van der Waals surface area (Å²) < 4.78 is 5.80. The molecular weight excluding hydrogens is 276 g/mol. The first-order valence-corrected chi connectivity index (χ1v) is 8.27. The molecule has 0 atom stereocenters. The van der Waals surface area contributed by atoms with E-state index in [4.69, 9.17) is 4.42 Å². The second-order valence-corrected chi connectivity index (χ2v) is 5.87. The molecule has 22 heavy (non-hydrogen) atoms. The minimum atomic E-state index is -0.0198. The Morgan fingerprint density at radius 2 is 2.09 bits per heavy atom. The second-order valence-electron chi connectivity index (χ2n) is 5.87. The quantitative estimate of drug-likeness (QED) is 0.854. The first kappa shape index (κ1) is 15.1. The highest BCUT2D eigenvalue weighted by molar-refractivity contribution is 6.07. The van der Waals surface area contributed by atoms with Gasteiger partial charge in [-0.3, -0.25) is 9.69 Å². The summed E-state index contributed by atoms with van der Waals surface area (Å²) in [6.07, 6.45) is 3.32. The molecule has 1 aromatic heterocycles. The Labute approximate surface area is 131 Å². The fourth-order valence-corrected chi connectivity index (χ4v) is 3.03. The summed E-state index contributed by atoms with van der Waals surface area (Å²) in [5, 5.41) is 3.97. The molecule has 4 nitrogen and oxygen atoms in total. The Hall–Kier alpha value is -1.81. The molecular formula is C18H24N2O2. The van der Waals surface area contributed by atoms with Crippen molar-refractivity contribution in [3.63, 3.8) is 0 Å². The summed E-state index contributed by atoms with van der Waals surface area (Å²) in [5.41, 5.74) is 1.49. The van der Waals surface area contributed by atoms with E-state index >= 15 is 0 Å². The van der Waals surface area contributed by atoms with Gasteiger partial charge in [-0.2, -0.15) is 0 Å². The lowest BCUT2D eigenvalue weighted by atomic mass is 10.1. The van der Waals surface area contributed by atoms with Gasteiger partial charge in [0.15, 0.2) is 0 Å². The number of nitrogens with one attached hydrogen (secondary N) is 1. The van der Waals surface area contributed by atoms with E-state index in [1.165, 1.54) is 12.8 Å². The van der Waals surface area contributed by atoms with Gasteiger partial charge in [-0.25, -0.2) is 0 Å². The number of aryl methyl sites for hydroxylation is 1. The minimum absolute atomic E-state index is 0.0198. The van der Waals surface area contributed by atoms with E-state index in [1.807, 2.05) is 31.2 Å². The highest BCUT2D eigenvalue weighted by atomic mass is 16.3. The largest absolute Gasteiger partial charge is 0.460 e. The highest BCUT2D eigenvalue weighted by Gasteiger charge is 2.27. The summed E-state index contributed by atoms with van der Waals surface area (Å²) in [6, 6.07) is 8.48.